The molecule has 1 aromatic heterocycles. The zero-order valence-corrected chi connectivity index (χ0v) is 10.4. The number of likely N-dealkylation sites (tertiary alicyclic amines) is 1. The van der Waals surface area contributed by atoms with Gasteiger partial charge in [0, 0.05) is 25.1 Å². The normalized spacial score (nSPS) is 20.1. The molecule has 1 atom stereocenters. The fourth-order valence-electron chi connectivity index (χ4n) is 2.65. The van der Waals surface area contributed by atoms with Crippen LogP contribution in [0.15, 0.2) is 48.9 Å². The zero-order chi connectivity index (χ0) is 12.2. The third-order valence-electron chi connectivity index (χ3n) is 3.52. The third kappa shape index (κ3) is 2.41. The van der Waals surface area contributed by atoms with E-state index in [9.17, 15) is 0 Å². The summed E-state index contributed by atoms with van der Waals surface area (Å²) < 4.78 is 0. The van der Waals surface area contributed by atoms with E-state index in [1.807, 2.05) is 6.20 Å². The molecule has 0 N–H and O–H groups in total. The van der Waals surface area contributed by atoms with Crippen LogP contribution < -0.4 is 0 Å². The zero-order valence-electron chi connectivity index (χ0n) is 10.4. The SMILES string of the molecule is c1ccc(CN2CCC[C@H]2c2cnccn2)cc1. The molecule has 1 aliphatic rings. The van der Waals surface area contributed by atoms with E-state index < -0.39 is 0 Å². The Labute approximate surface area is 108 Å². The topological polar surface area (TPSA) is 29.0 Å². The Morgan fingerprint density at radius 1 is 1.17 bits per heavy atom. The first-order chi connectivity index (χ1) is 8.93. The predicted molar refractivity (Wildman–Crippen MR) is 70.9 cm³/mol. The van der Waals surface area contributed by atoms with Crippen LogP contribution in [-0.4, -0.2) is 21.4 Å². The van der Waals surface area contributed by atoms with Crippen LogP contribution in [0.1, 0.15) is 30.1 Å². The maximum absolute atomic E-state index is 4.45. The second kappa shape index (κ2) is 5.27. The van der Waals surface area contributed by atoms with Crippen molar-refractivity contribution < 1.29 is 0 Å². The standard InChI is InChI=1S/C15H17N3/c1-2-5-13(6-3-1)12-18-10-4-7-15(18)14-11-16-8-9-17-14/h1-3,5-6,8-9,11,15H,4,7,10,12H2/t15-/m0/s1. The van der Waals surface area contributed by atoms with Crippen LogP contribution in [-0.2, 0) is 6.54 Å². The fraction of sp³-hybridized carbons (Fsp3) is 0.333. The van der Waals surface area contributed by atoms with Gasteiger partial charge in [-0.05, 0) is 24.9 Å². The number of hydrogen-bond acceptors (Lipinski definition) is 3. The van der Waals surface area contributed by atoms with E-state index in [2.05, 4.69) is 45.2 Å². The average Bonchev–Trinajstić information content (AvgIpc) is 2.89. The van der Waals surface area contributed by atoms with E-state index in [0.717, 1.165) is 18.8 Å². The molecule has 3 nitrogen and oxygen atoms in total. The highest BCUT2D eigenvalue weighted by molar-refractivity contribution is 5.16. The average molecular weight is 239 g/mol. The highest BCUT2D eigenvalue weighted by Crippen LogP contribution is 2.31. The van der Waals surface area contributed by atoms with Crippen molar-refractivity contribution >= 4 is 0 Å². The van der Waals surface area contributed by atoms with E-state index in [-0.39, 0.29) is 0 Å². The van der Waals surface area contributed by atoms with Gasteiger partial charge in [-0.2, -0.15) is 0 Å². The fourth-order valence-corrected chi connectivity index (χ4v) is 2.65. The maximum Gasteiger partial charge on any atom is 0.0758 e. The van der Waals surface area contributed by atoms with Gasteiger partial charge < -0.3 is 0 Å². The van der Waals surface area contributed by atoms with Crippen molar-refractivity contribution in [2.24, 2.45) is 0 Å². The Morgan fingerprint density at radius 2 is 2.06 bits per heavy atom. The van der Waals surface area contributed by atoms with E-state index in [1.165, 1.54) is 18.4 Å². The van der Waals surface area contributed by atoms with Crippen LogP contribution in [0.5, 0.6) is 0 Å². The van der Waals surface area contributed by atoms with E-state index >= 15 is 0 Å². The Balaban J connectivity index is 1.76. The summed E-state index contributed by atoms with van der Waals surface area (Å²) in [6.45, 7) is 2.15. The first-order valence-electron chi connectivity index (χ1n) is 6.47. The summed E-state index contributed by atoms with van der Waals surface area (Å²) in [5.74, 6) is 0. The summed E-state index contributed by atoms with van der Waals surface area (Å²) in [5.41, 5.74) is 2.47. The van der Waals surface area contributed by atoms with Crippen molar-refractivity contribution in [2.45, 2.75) is 25.4 Å². The number of nitrogens with zero attached hydrogens (tertiary/aromatic N) is 3. The van der Waals surface area contributed by atoms with Crippen LogP contribution in [0.25, 0.3) is 0 Å². The molecule has 1 aromatic carbocycles. The van der Waals surface area contributed by atoms with Crippen LogP contribution >= 0.6 is 0 Å². The number of hydrogen-bond donors (Lipinski definition) is 0. The van der Waals surface area contributed by atoms with Crippen molar-refractivity contribution in [3.63, 3.8) is 0 Å². The summed E-state index contributed by atoms with van der Waals surface area (Å²) in [5, 5.41) is 0. The van der Waals surface area contributed by atoms with Crippen molar-refractivity contribution in [2.75, 3.05) is 6.54 Å². The first kappa shape index (κ1) is 11.4. The molecular weight excluding hydrogens is 222 g/mol. The molecule has 0 bridgehead atoms. The number of rotatable bonds is 3. The maximum atomic E-state index is 4.45. The Hall–Kier alpha value is -1.74. The molecular formula is C15H17N3. The second-order valence-corrected chi connectivity index (χ2v) is 4.74. The largest absolute Gasteiger partial charge is 0.290 e. The van der Waals surface area contributed by atoms with Crippen molar-refractivity contribution in [3.8, 4) is 0 Å². The molecule has 92 valence electrons. The van der Waals surface area contributed by atoms with Gasteiger partial charge in [0.1, 0.15) is 0 Å². The molecule has 0 radical (unpaired) electrons. The Kier molecular flexibility index (Phi) is 3.33. The lowest BCUT2D eigenvalue weighted by molar-refractivity contribution is 0.244. The monoisotopic (exact) mass is 239 g/mol. The highest BCUT2D eigenvalue weighted by atomic mass is 15.2. The summed E-state index contributed by atoms with van der Waals surface area (Å²) in [6, 6.07) is 11.1. The molecule has 0 saturated carbocycles. The first-order valence-corrected chi connectivity index (χ1v) is 6.47. The second-order valence-electron chi connectivity index (χ2n) is 4.74. The lowest BCUT2D eigenvalue weighted by atomic mass is 10.1. The molecule has 3 heteroatoms. The summed E-state index contributed by atoms with van der Waals surface area (Å²) >= 11 is 0. The van der Waals surface area contributed by atoms with Gasteiger partial charge in [-0.3, -0.25) is 14.9 Å². The van der Waals surface area contributed by atoms with Gasteiger partial charge in [0.05, 0.1) is 11.7 Å². The van der Waals surface area contributed by atoms with Gasteiger partial charge >= 0.3 is 0 Å². The lowest BCUT2D eigenvalue weighted by Gasteiger charge is -2.23. The molecule has 2 heterocycles. The third-order valence-corrected chi connectivity index (χ3v) is 3.52. The minimum atomic E-state index is 0.430. The minimum absolute atomic E-state index is 0.430. The van der Waals surface area contributed by atoms with Crippen LogP contribution in [0.3, 0.4) is 0 Å². The summed E-state index contributed by atoms with van der Waals surface area (Å²) in [6.07, 6.45) is 7.85. The smallest absolute Gasteiger partial charge is 0.0758 e. The van der Waals surface area contributed by atoms with E-state index in [0.29, 0.717) is 6.04 Å². The van der Waals surface area contributed by atoms with Gasteiger partial charge in [0.25, 0.3) is 0 Å². The molecule has 1 saturated heterocycles. The van der Waals surface area contributed by atoms with Gasteiger partial charge in [-0.15, -0.1) is 0 Å². The molecule has 0 spiro atoms. The van der Waals surface area contributed by atoms with Crippen molar-refractivity contribution in [1.29, 1.82) is 0 Å². The van der Waals surface area contributed by atoms with Gasteiger partial charge in [0.2, 0.25) is 0 Å². The van der Waals surface area contributed by atoms with Gasteiger partial charge in [0.15, 0.2) is 0 Å². The molecule has 3 rings (SSSR count). The van der Waals surface area contributed by atoms with Crippen LogP contribution in [0.4, 0.5) is 0 Å². The number of aromatic nitrogens is 2. The van der Waals surface area contributed by atoms with E-state index in [1.54, 1.807) is 12.4 Å². The van der Waals surface area contributed by atoms with Gasteiger partial charge in [-0.1, -0.05) is 30.3 Å². The summed E-state index contributed by atoms with van der Waals surface area (Å²) in [4.78, 5) is 11.1. The van der Waals surface area contributed by atoms with Crippen LogP contribution in [0, 0.1) is 0 Å². The molecule has 18 heavy (non-hydrogen) atoms. The quantitative estimate of drug-likeness (QED) is 0.824. The van der Waals surface area contributed by atoms with Crippen molar-refractivity contribution in [3.05, 3.63) is 60.2 Å². The van der Waals surface area contributed by atoms with Crippen molar-refractivity contribution in [1.82, 2.24) is 14.9 Å². The Bertz CT molecular complexity index is 484. The van der Waals surface area contributed by atoms with E-state index in [4.69, 9.17) is 0 Å². The molecule has 1 aliphatic heterocycles. The summed E-state index contributed by atoms with van der Waals surface area (Å²) in [7, 11) is 0. The molecule has 2 aromatic rings. The Morgan fingerprint density at radius 3 is 2.83 bits per heavy atom. The minimum Gasteiger partial charge on any atom is -0.290 e. The number of benzene rings is 1. The predicted octanol–water partition coefficient (Wildman–Crippen LogP) is 2.81. The highest BCUT2D eigenvalue weighted by Gasteiger charge is 2.26. The van der Waals surface area contributed by atoms with Gasteiger partial charge in [-0.25, -0.2) is 0 Å². The molecule has 0 aliphatic carbocycles. The van der Waals surface area contributed by atoms with Crippen LogP contribution in [0.2, 0.25) is 0 Å². The molecule has 1 fully saturated rings. The molecule has 0 unspecified atom stereocenters. The lowest BCUT2D eigenvalue weighted by Crippen LogP contribution is -2.23. The molecule has 0 amide bonds.